The predicted molar refractivity (Wildman–Crippen MR) is 86.6 cm³/mol. The van der Waals surface area contributed by atoms with Crippen molar-refractivity contribution in [2.75, 3.05) is 27.8 Å². The highest BCUT2D eigenvalue weighted by molar-refractivity contribution is 5.82. The summed E-state index contributed by atoms with van der Waals surface area (Å²) in [6.45, 7) is 7.04. The normalized spacial score (nSPS) is 46.3. The maximum Gasteiger partial charge on any atom is 0.251 e. The van der Waals surface area contributed by atoms with Gasteiger partial charge in [0.05, 0.1) is 6.61 Å². The van der Waals surface area contributed by atoms with Crippen molar-refractivity contribution in [3.8, 4) is 0 Å². The average molecular weight is 323 g/mol. The number of aliphatic hydroxyl groups is 1. The second-order valence-electron chi connectivity index (χ2n) is 8.05. The first-order valence-electron chi connectivity index (χ1n) is 8.45. The lowest BCUT2D eigenvalue weighted by molar-refractivity contribution is -0.245. The fourth-order valence-electron chi connectivity index (χ4n) is 5.21. The van der Waals surface area contributed by atoms with Crippen LogP contribution in [0.3, 0.4) is 0 Å². The Hall–Kier alpha value is -0.910. The third-order valence-electron chi connectivity index (χ3n) is 6.95. The van der Waals surface area contributed by atoms with E-state index in [9.17, 15) is 9.90 Å². The number of amides is 1. The predicted octanol–water partition coefficient (Wildman–Crippen LogP) is 1.81. The van der Waals surface area contributed by atoms with Crippen LogP contribution >= 0.6 is 0 Å². The second kappa shape index (κ2) is 5.04. The number of nitrogens with zero attached hydrogens (tertiary/aromatic N) is 1. The SMILES string of the molecule is CO[C@]12C[C@]3([C@@H](O)C(=O)N(C)C)C(=CC[C@H]3C)[C@](C)(CO1)[C@@H]2C. The molecule has 6 atom stereocenters. The molecule has 0 aromatic rings. The number of methoxy groups -OCH3 is 1. The summed E-state index contributed by atoms with van der Waals surface area (Å²) in [5, 5.41) is 11.1. The fourth-order valence-corrected chi connectivity index (χ4v) is 5.21. The summed E-state index contributed by atoms with van der Waals surface area (Å²) in [5.74, 6) is -0.600. The molecule has 23 heavy (non-hydrogen) atoms. The van der Waals surface area contributed by atoms with Crippen LogP contribution in [0.15, 0.2) is 11.6 Å². The molecule has 0 radical (unpaired) electrons. The molecule has 2 fully saturated rings. The zero-order valence-corrected chi connectivity index (χ0v) is 15.0. The second-order valence-corrected chi connectivity index (χ2v) is 8.05. The number of likely N-dealkylation sites (N-methyl/N-ethyl adjacent to an activating group) is 1. The zero-order chi connectivity index (χ0) is 17.2. The van der Waals surface area contributed by atoms with Crippen molar-refractivity contribution in [1.29, 1.82) is 0 Å². The Labute approximate surface area is 138 Å². The van der Waals surface area contributed by atoms with Gasteiger partial charge in [-0.25, -0.2) is 0 Å². The van der Waals surface area contributed by atoms with Gasteiger partial charge in [-0.05, 0) is 12.3 Å². The largest absolute Gasteiger partial charge is 0.382 e. The Morgan fingerprint density at radius 2 is 2.13 bits per heavy atom. The zero-order valence-electron chi connectivity index (χ0n) is 15.0. The van der Waals surface area contributed by atoms with Crippen molar-refractivity contribution in [2.24, 2.45) is 22.7 Å². The first kappa shape index (κ1) is 16.9. The molecule has 0 aromatic carbocycles. The molecule has 0 unspecified atom stereocenters. The van der Waals surface area contributed by atoms with Gasteiger partial charge in [0.1, 0.15) is 6.10 Å². The van der Waals surface area contributed by atoms with Gasteiger partial charge in [0.15, 0.2) is 5.79 Å². The minimum Gasteiger partial charge on any atom is -0.382 e. The Morgan fingerprint density at radius 3 is 2.70 bits per heavy atom. The quantitative estimate of drug-likeness (QED) is 0.805. The van der Waals surface area contributed by atoms with E-state index in [1.54, 1.807) is 21.2 Å². The summed E-state index contributed by atoms with van der Waals surface area (Å²) in [6.07, 6.45) is 2.59. The smallest absolute Gasteiger partial charge is 0.251 e. The molecule has 1 heterocycles. The number of fused-ring (bicyclic) bond motifs is 4. The standard InChI is InChI=1S/C18H29NO4/c1-11-7-8-13-16(3)10-23-18(22-6,12(16)2)9-17(11,13)14(20)15(21)19(4)5/h8,11-12,14,20H,7,9-10H2,1-6H3/t11-,12+,14+,16-,17-,18-/m1/s1. The van der Waals surface area contributed by atoms with Crippen molar-refractivity contribution >= 4 is 5.91 Å². The minimum atomic E-state index is -1.07. The molecule has 1 saturated heterocycles. The van der Waals surface area contributed by atoms with Crippen LogP contribution in [0, 0.1) is 22.7 Å². The highest BCUT2D eigenvalue weighted by Gasteiger charge is 2.70. The summed E-state index contributed by atoms with van der Waals surface area (Å²) in [5.41, 5.74) is 0.389. The first-order chi connectivity index (χ1) is 10.7. The summed E-state index contributed by atoms with van der Waals surface area (Å²) in [4.78, 5) is 14.1. The van der Waals surface area contributed by atoms with E-state index in [1.807, 2.05) is 0 Å². The molecule has 3 rings (SSSR count). The van der Waals surface area contributed by atoms with Gasteiger partial charge in [-0.2, -0.15) is 0 Å². The van der Waals surface area contributed by atoms with Crippen LogP contribution < -0.4 is 0 Å². The van der Waals surface area contributed by atoms with Crippen molar-refractivity contribution in [2.45, 2.75) is 45.5 Å². The van der Waals surface area contributed by atoms with Crippen LogP contribution in [-0.4, -0.2) is 55.6 Å². The number of carbonyl (C=O) groups is 1. The van der Waals surface area contributed by atoms with E-state index in [4.69, 9.17) is 9.47 Å². The fraction of sp³-hybridized carbons (Fsp3) is 0.833. The number of aliphatic hydroxyl groups excluding tert-OH is 1. The lowest BCUT2D eigenvalue weighted by Crippen LogP contribution is -2.60. The highest BCUT2D eigenvalue weighted by Crippen LogP contribution is 2.68. The third-order valence-corrected chi connectivity index (χ3v) is 6.95. The van der Waals surface area contributed by atoms with E-state index < -0.39 is 17.3 Å². The molecule has 130 valence electrons. The van der Waals surface area contributed by atoms with Crippen molar-refractivity contribution < 1.29 is 19.4 Å². The summed E-state index contributed by atoms with van der Waals surface area (Å²) < 4.78 is 12.0. The Bertz CT molecular complexity index is 559. The molecule has 5 heteroatoms. The van der Waals surface area contributed by atoms with E-state index in [1.165, 1.54) is 10.5 Å². The third kappa shape index (κ3) is 1.87. The van der Waals surface area contributed by atoms with Crippen LogP contribution in [0.2, 0.25) is 0 Å². The van der Waals surface area contributed by atoms with E-state index in [0.717, 1.165) is 6.42 Å². The first-order valence-corrected chi connectivity index (χ1v) is 8.45. The van der Waals surface area contributed by atoms with Gasteiger partial charge in [0, 0.05) is 44.4 Å². The molecule has 1 aliphatic heterocycles. The average Bonchev–Trinajstić information content (AvgIpc) is 2.93. The molecule has 0 spiro atoms. The van der Waals surface area contributed by atoms with Crippen molar-refractivity contribution in [3.05, 3.63) is 11.6 Å². The topological polar surface area (TPSA) is 59.0 Å². The molecule has 1 amide bonds. The summed E-state index contributed by atoms with van der Waals surface area (Å²) in [6, 6.07) is 0. The van der Waals surface area contributed by atoms with E-state index >= 15 is 0 Å². The maximum atomic E-state index is 12.6. The maximum absolute atomic E-state index is 12.6. The molecule has 0 aromatic heterocycles. The van der Waals surface area contributed by atoms with Crippen LogP contribution in [0.4, 0.5) is 0 Å². The molecule has 3 aliphatic rings. The van der Waals surface area contributed by atoms with Crippen molar-refractivity contribution in [1.82, 2.24) is 4.90 Å². The van der Waals surface area contributed by atoms with Crippen LogP contribution in [0.1, 0.15) is 33.6 Å². The van der Waals surface area contributed by atoms with Gasteiger partial charge in [0.25, 0.3) is 5.91 Å². The van der Waals surface area contributed by atoms with E-state index in [2.05, 4.69) is 26.8 Å². The van der Waals surface area contributed by atoms with Crippen LogP contribution in [0.5, 0.6) is 0 Å². The Kier molecular flexibility index (Phi) is 3.71. The van der Waals surface area contributed by atoms with Gasteiger partial charge >= 0.3 is 0 Å². The van der Waals surface area contributed by atoms with Gasteiger partial charge < -0.3 is 19.5 Å². The number of allylic oxidation sites excluding steroid dienone is 1. The van der Waals surface area contributed by atoms with Gasteiger partial charge in [0.2, 0.25) is 0 Å². The number of hydrogen-bond donors (Lipinski definition) is 1. The molecular formula is C18H29NO4. The molecule has 2 aliphatic carbocycles. The van der Waals surface area contributed by atoms with Crippen LogP contribution in [0.25, 0.3) is 0 Å². The van der Waals surface area contributed by atoms with Crippen LogP contribution in [-0.2, 0) is 14.3 Å². The number of rotatable bonds is 3. The Morgan fingerprint density at radius 1 is 1.48 bits per heavy atom. The monoisotopic (exact) mass is 323 g/mol. The lowest BCUT2D eigenvalue weighted by atomic mass is 9.51. The number of carbonyl (C=O) groups excluding carboxylic acids is 1. The van der Waals surface area contributed by atoms with Crippen molar-refractivity contribution in [3.63, 3.8) is 0 Å². The van der Waals surface area contributed by atoms with E-state index in [-0.39, 0.29) is 23.2 Å². The summed E-state index contributed by atoms with van der Waals surface area (Å²) in [7, 11) is 5.05. The number of ether oxygens (including phenoxy) is 2. The molecular weight excluding hydrogens is 294 g/mol. The van der Waals surface area contributed by atoms with E-state index in [0.29, 0.717) is 13.0 Å². The van der Waals surface area contributed by atoms with Gasteiger partial charge in [-0.3, -0.25) is 4.79 Å². The Balaban J connectivity index is 2.14. The lowest BCUT2D eigenvalue weighted by Gasteiger charge is -2.54. The molecule has 1 saturated carbocycles. The molecule has 2 bridgehead atoms. The number of hydrogen-bond acceptors (Lipinski definition) is 4. The minimum absolute atomic E-state index is 0.180. The summed E-state index contributed by atoms with van der Waals surface area (Å²) >= 11 is 0. The molecule has 5 nitrogen and oxygen atoms in total. The highest BCUT2D eigenvalue weighted by atomic mass is 16.7. The van der Waals surface area contributed by atoms with Gasteiger partial charge in [-0.1, -0.05) is 32.4 Å². The van der Waals surface area contributed by atoms with Gasteiger partial charge in [-0.15, -0.1) is 0 Å². The molecule has 1 N–H and O–H groups in total.